The van der Waals surface area contributed by atoms with Gasteiger partial charge in [0.15, 0.2) is 0 Å². The number of carbonyl (C=O) groups excluding carboxylic acids is 2. The van der Waals surface area contributed by atoms with Gasteiger partial charge in [-0.2, -0.15) is 0 Å². The molecule has 0 bridgehead atoms. The van der Waals surface area contributed by atoms with E-state index in [9.17, 15) is 9.59 Å². The van der Waals surface area contributed by atoms with Gasteiger partial charge in [-0.25, -0.2) is 0 Å². The molecule has 2 aliphatic rings. The van der Waals surface area contributed by atoms with Gasteiger partial charge in [0.1, 0.15) is 0 Å². The van der Waals surface area contributed by atoms with Gasteiger partial charge >= 0.3 is 0 Å². The van der Waals surface area contributed by atoms with Crippen LogP contribution in [0.15, 0.2) is 0 Å². The Morgan fingerprint density at radius 2 is 1.87 bits per heavy atom. The third kappa shape index (κ3) is 6.30. The maximum Gasteiger partial charge on any atom is 0.224 e. The van der Waals surface area contributed by atoms with Gasteiger partial charge in [-0.05, 0) is 52.1 Å². The Morgan fingerprint density at radius 1 is 1.17 bits per heavy atom. The highest BCUT2D eigenvalue weighted by Gasteiger charge is 2.27. The molecule has 5 nitrogen and oxygen atoms in total. The third-order valence-electron chi connectivity index (χ3n) is 4.96. The molecule has 1 saturated carbocycles. The molecule has 2 fully saturated rings. The summed E-state index contributed by atoms with van der Waals surface area (Å²) in [5, 5.41) is 6.23. The number of hydrogen-bond acceptors (Lipinski definition) is 3. The van der Waals surface area contributed by atoms with Gasteiger partial charge in [0.05, 0.1) is 0 Å². The van der Waals surface area contributed by atoms with Crippen LogP contribution in [-0.2, 0) is 9.59 Å². The number of nitrogens with zero attached hydrogens (tertiary/aromatic N) is 1. The number of likely N-dealkylation sites (tertiary alicyclic amines) is 1. The highest BCUT2D eigenvalue weighted by molar-refractivity contribution is 5.85. The number of carbonyl (C=O) groups is 2. The van der Waals surface area contributed by atoms with Gasteiger partial charge in [0.2, 0.25) is 11.8 Å². The molecule has 6 heteroatoms. The van der Waals surface area contributed by atoms with Crippen LogP contribution >= 0.6 is 12.4 Å². The second-order valence-electron chi connectivity index (χ2n) is 7.00. The zero-order chi connectivity index (χ0) is 15.9. The van der Waals surface area contributed by atoms with E-state index in [4.69, 9.17) is 0 Å². The number of hydrogen-bond donors (Lipinski definition) is 2. The minimum atomic E-state index is -0.0646. The fourth-order valence-electron chi connectivity index (χ4n) is 3.74. The van der Waals surface area contributed by atoms with Crippen LogP contribution in [0.1, 0.15) is 51.9 Å². The standard InChI is InChI=1S/C17H31N3O2.ClH/c1-13(19-17(22)15-7-3-4-8-15)10-16(21)20-9-5-6-14(12-20)11-18-2;/h13-15,18H,3-12H2,1-2H3,(H,19,22);1H. The number of amides is 2. The van der Waals surface area contributed by atoms with Crippen molar-refractivity contribution in [2.24, 2.45) is 11.8 Å². The molecule has 2 unspecified atom stereocenters. The molecular weight excluding hydrogens is 314 g/mol. The number of rotatable bonds is 6. The van der Waals surface area contributed by atoms with E-state index >= 15 is 0 Å². The molecule has 2 N–H and O–H groups in total. The zero-order valence-corrected chi connectivity index (χ0v) is 15.3. The fourth-order valence-corrected chi connectivity index (χ4v) is 3.74. The normalized spacial score (nSPS) is 23.2. The summed E-state index contributed by atoms with van der Waals surface area (Å²) in [6.07, 6.45) is 7.02. The van der Waals surface area contributed by atoms with Gasteiger partial charge < -0.3 is 15.5 Å². The van der Waals surface area contributed by atoms with Crippen molar-refractivity contribution < 1.29 is 9.59 Å². The van der Waals surface area contributed by atoms with Crippen LogP contribution in [-0.4, -0.2) is 49.4 Å². The summed E-state index contributed by atoms with van der Waals surface area (Å²) in [7, 11) is 1.96. The number of halogens is 1. The summed E-state index contributed by atoms with van der Waals surface area (Å²) in [6.45, 7) is 4.63. The first kappa shape index (κ1) is 20.2. The van der Waals surface area contributed by atoms with E-state index < -0.39 is 0 Å². The van der Waals surface area contributed by atoms with Crippen molar-refractivity contribution in [3.8, 4) is 0 Å². The average Bonchev–Trinajstić information content (AvgIpc) is 3.02. The van der Waals surface area contributed by atoms with Crippen molar-refractivity contribution in [3.63, 3.8) is 0 Å². The van der Waals surface area contributed by atoms with Crippen LogP contribution in [0, 0.1) is 11.8 Å². The molecule has 0 aromatic heterocycles. The predicted octanol–water partition coefficient (Wildman–Crippen LogP) is 1.95. The van der Waals surface area contributed by atoms with Crippen LogP contribution in [0.3, 0.4) is 0 Å². The SMILES string of the molecule is CNCC1CCCN(C(=O)CC(C)NC(=O)C2CCCC2)C1.Cl. The molecular formula is C17H32ClN3O2. The summed E-state index contributed by atoms with van der Waals surface area (Å²) in [5.74, 6) is 1.06. The molecule has 134 valence electrons. The Bertz CT molecular complexity index is 384. The summed E-state index contributed by atoms with van der Waals surface area (Å²) in [6, 6.07) is -0.0646. The van der Waals surface area contributed by atoms with Crippen LogP contribution < -0.4 is 10.6 Å². The molecule has 1 aliphatic heterocycles. The first-order valence-electron chi connectivity index (χ1n) is 8.83. The van der Waals surface area contributed by atoms with Crippen molar-refractivity contribution in [2.45, 2.75) is 57.9 Å². The molecule has 1 heterocycles. The lowest BCUT2D eigenvalue weighted by molar-refractivity contribution is -0.133. The lowest BCUT2D eigenvalue weighted by Gasteiger charge is -2.33. The van der Waals surface area contributed by atoms with Crippen molar-refractivity contribution in [1.29, 1.82) is 0 Å². The molecule has 0 aromatic rings. The minimum absolute atomic E-state index is 0. The van der Waals surface area contributed by atoms with Gasteiger partial charge in [-0.1, -0.05) is 12.8 Å². The van der Waals surface area contributed by atoms with E-state index in [1.807, 2.05) is 18.9 Å². The van der Waals surface area contributed by atoms with Crippen molar-refractivity contribution in [3.05, 3.63) is 0 Å². The van der Waals surface area contributed by atoms with E-state index in [2.05, 4.69) is 10.6 Å². The summed E-state index contributed by atoms with van der Waals surface area (Å²) in [5.41, 5.74) is 0. The lowest BCUT2D eigenvalue weighted by atomic mass is 9.97. The minimum Gasteiger partial charge on any atom is -0.353 e. The predicted molar refractivity (Wildman–Crippen MR) is 94.7 cm³/mol. The number of piperidine rings is 1. The van der Waals surface area contributed by atoms with Crippen LogP contribution in [0.5, 0.6) is 0 Å². The van der Waals surface area contributed by atoms with E-state index in [1.165, 1.54) is 6.42 Å². The molecule has 0 aromatic carbocycles. The molecule has 0 radical (unpaired) electrons. The smallest absolute Gasteiger partial charge is 0.224 e. The monoisotopic (exact) mass is 345 g/mol. The van der Waals surface area contributed by atoms with Crippen molar-refractivity contribution >= 4 is 24.2 Å². The lowest BCUT2D eigenvalue weighted by Crippen LogP contribution is -2.45. The van der Waals surface area contributed by atoms with E-state index in [-0.39, 0.29) is 36.2 Å². The van der Waals surface area contributed by atoms with Crippen molar-refractivity contribution in [1.82, 2.24) is 15.5 Å². The maximum atomic E-state index is 12.4. The first-order chi connectivity index (χ1) is 10.6. The Labute approximate surface area is 146 Å². The van der Waals surface area contributed by atoms with E-state index in [0.29, 0.717) is 12.3 Å². The largest absolute Gasteiger partial charge is 0.353 e. The molecule has 2 rings (SSSR count). The quantitative estimate of drug-likeness (QED) is 0.773. The average molecular weight is 346 g/mol. The molecule has 2 atom stereocenters. The zero-order valence-electron chi connectivity index (χ0n) is 14.5. The molecule has 23 heavy (non-hydrogen) atoms. The first-order valence-corrected chi connectivity index (χ1v) is 8.83. The van der Waals surface area contributed by atoms with Gasteiger partial charge in [0, 0.05) is 31.5 Å². The molecule has 0 spiro atoms. The second-order valence-corrected chi connectivity index (χ2v) is 7.00. The van der Waals surface area contributed by atoms with Crippen molar-refractivity contribution in [2.75, 3.05) is 26.7 Å². The summed E-state index contributed by atoms with van der Waals surface area (Å²) < 4.78 is 0. The van der Waals surface area contributed by atoms with E-state index in [1.54, 1.807) is 0 Å². The third-order valence-corrected chi connectivity index (χ3v) is 4.96. The van der Waals surface area contributed by atoms with E-state index in [0.717, 1.165) is 51.7 Å². The number of nitrogens with one attached hydrogen (secondary N) is 2. The Morgan fingerprint density at radius 3 is 2.52 bits per heavy atom. The van der Waals surface area contributed by atoms with Crippen LogP contribution in [0.2, 0.25) is 0 Å². The summed E-state index contributed by atoms with van der Waals surface area (Å²) >= 11 is 0. The van der Waals surface area contributed by atoms with Gasteiger partial charge in [0.25, 0.3) is 0 Å². The highest BCUT2D eigenvalue weighted by Crippen LogP contribution is 2.25. The second kappa shape index (κ2) is 10.1. The van der Waals surface area contributed by atoms with Crippen LogP contribution in [0.25, 0.3) is 0 Å². The summed E-state index contributed by atoms with van der Waals surface area (Å²) in [4.78, 5) is 26.5. The van der Waals surface area contributed by atoms with Crippen LogP contribution in [0.4, 0.5) is 0 Å². The fraction of sp³-hybridized carbons (Fsp3) is 0.882. The molecule has 1 aliphatic carbocycles. The topological polar surface area (TPSA) is 61.4 Å². The van der Waals surface area contributed by atoms with Gasteiger partial charge in [-0.3, -0.25) is 9.59 Å². The Hall–Kier alpha value is -0.810. The maximum absolute atomic E-state index is 12.4. The molecule has 2 amide bonds. The van der Waals surface area contributed by atoms with Gasteiger partial charge in [-0.15, -0.1) is 12.4 Å². The Balaban J connectivity index is 0.00000264. The highest BCUT2D eigenvalue weighted by atomic mass is 35.5. The Kier molecular flexibility index (Phi) is 8.92. The molecule has 1 saturated heterocycles.